The first-order valence-electron chi connectivity index (χ1n) is 6.86. The van der Waals surface area contributed by atoms with Crippen molar-refractivity contribution in [2.45, 2.75) is 26.3 Å². The number of phenolic OH excluding ortho intramolecular Hbond substituents is 1. The van der Waals surface area contributed by atoms with Crippen LogP contribution in [0.1, 0.15) is 31.0 Å². The van der Waals surface area contributed by atoms with Crippen molar-refractivity contribution in [1.82, 2.24) is 0 Å². The standard InChI is InChI=1S/C17H21NO2/c1-4-13-5-7-14(8-6-13)18-12(2)16-10-9-15(20-3)11-17(16)19/h5-12,18-19H,4H2,1-3H3. The number of hydrogen-bond donors (Lipinski definition) is 2. The Kier molecular flexibility index (Phi) is 4.51. The predicted molar refractivity (Wildman–Crippen MR) is 82.5 cm³/mol. The summed E-state index contributed by atoms with van der Waals surface area (Å²) < 4.78 is 5.09. The van der Waals surface area contributed by atoms with Gasteiger partial charge in [-0.25, -0.2) is 0 Å². The van der Waals surface area contributed by atoms with Crippen LogP contribution < -0.4 is 10.1 Å². The van der Waals surface area contributed by atoms with Crippen molar-refractivity contribution in [3.05, 3.63) is 53.6 Å². The maximum atomic E-state index is 10.0. The lowest BCUT2D eigenvalue weighted by Crippen LogP contribution is -2.06. The molecule has 0 bridgehead atoms. The minimum absolute atomic E-state index is 0.0217. The van der Waals surface area contributed by atoms with Gasteiger partial charge in [-0.2, -0.15) is 0 Å². The zero-order valence-corrected chi connectivity index (χ0v) is 12.2. The lowest BCUT2D eigenvalue weighted by molar-refractivity contribution is 0.406. The zero-order valence-electron chi connectivity index (χ0n) is 12.2. The normalized spacial score (nSPS) is 11.9. The Bertz CT molecular complexity index is 564. The van der Waals surface area contributed by atoms with E-state index in [-0.39, 0.29) is 11.8 Å². The van der Waals surface area contributed by atoms with Gasteiger partial charge in [0.25, 0.3) is 0 Å². The molecular weight excluding hydrogens is 250 g/mol. The fourth-order valence-electron chi connectivity index (χ4n) is 2.18. The summed E-state index contributed by atoms with van der Waals surface area (Å²) in [5, 5.41) is 13.4. The van der Waals surface area contributed by atoms with Gasteiger partial charge in [0.05, 0.1) is 13.2 Å². The van der Waals surface area contributed by atoms with Gasteiger partial charge in [-0.05, 0) is 43.2 Å². The SMILES string of the molecule is CCc1ccc(NC(C)c2ccc(OC)cc2O)cc1. The van der Waals surface area contributed by atoms with Crippen LogP contribution in [0, 0.1) is 0 Å². The van der Waals surface area contributed by atoms with Gasteiger partial charge in [-0.3, -0.25) is 0 Å². The molecule has 2 aromatic carbocycles. The number of benzene rings is 2. The Morgan fingerprint density at radius 2 is 1.85 bits per heavy atom. The van der Waals surface area contributed by atoms with E-state index in [9.17, 15) is 5.11 Å². The number of anilines is 1. The molecule has 20 heavy (non-hydrogen) atoms. The van der Waals surface area contributed by atoms with E-state index in [1.807, 2.05) is 19.1 Å². The van der Waals surface area contributed by atoms with Gasteiger partial charge in [0.15, 0.2) is 0 Å². The van der Waals surface area contributed by atoms with Gasteiger partial charge in [-0.15, -0.1) is 0 Å². The van der Waals surface area contributed by atoms with Crippen LogP contribution in [0.4, 0.5) is 5.69 Å². The van der Waals surface area contributed by atoms with Crippen LogP contribution in [-0.2, 0) is 6.42 Å². The molecule has 0 aliphatic heterocycles. The minimum atomic E-state index is 0.0217. The van der Waals surface area contributed by atoms with E-state index in [4.69, 9.17) is 4.74 Å². The summed E-state index contributed by atoms with van der Waals surface area (Å²) in [4.78, 5) is 0. The van der Waals surface area contributed by atoms with Crippen LogP contribution in [0.25, 0.3) is 0 Å². The second kappa shape index (κ2) is 6.33. The van der Waals surface area contributed by atoms with Crippen LogP contribution in [0.2, 0.25) is 0 Å². The largest absolute Gasteiger partial charge is 0.507 e. The molecular formula is C17H21NO2. The van der Waals surface area contributed by atoms with E-state index in [1.54, 1.807) is 13.2 Å². The maximum Gasteiger partial charge on any atom is 0.124 e. The average molecular weight is 271 g/mol. The van der Waals surface area contributed by atoms with Gasteiger partial charge in [0.2, 0.25) is 0 Å². The third kappa shape index (κ3) is 3.23. The number of aryl methyl sites for hydroxylation is 1. The van der Waals surface area contributed by atoms with Crippen molar-refractivity contribution in [3.8, 4) is 11.5 Å². The first-order valence-corrected chi connectivity index (χ1v) is 6.86. The van der Waals surface area contributed by atoms with Gasteiger partial charge >= 0.3 is 0 Å². The molecule has 2 N–H and O–H groups in total. The molecule has 0 saturated heterocycles. The van der Waals surface area contributed by atoms with Crippen LogP contribution in [0.15, 0.2) is 42.5 Å². The molecule has 0 heterocycles. The van der Waals surface area contributed by atoms with Crippen LogP contribution in [0.5, 0.6) is 11.5 Å². The number of aromatic hydroxyl groups is 1. The molecule has 0 saturated carbocycles. The minimum Gasteiger partial charge on any atom is -0.507 e. The maximum absolute atomic E-state index is 10.0. The Hall–Kier alpha value is -2.16. The van der Waals surface area contributed by atoms with Crippen LogP contribution in [0.3, 0.4) is 0 Å². The summed E-state index contributed by atoms with van der Waals surface area (Å²) in [5.41, 5.74) is 3.21. The number of hydrogen-bond acceptors (Lipinski definition) is 3. The molecule has 0 aliphatic rings. The molecule has 0 aromatic heterocycles. The quantitative estimate of drug-likeness (QED) is 0.859. The molecule has 1 unspecified atom stereocenters. The molecule has 1 atom stereocenters. The first-order chi connectivity index (χ1) is 9.63. The van der Waals surface area contributed by atoms with Gasteiger partial charge < -0.3 is 15.2 Å². The smallest absolute Gasteiger partial charge is 0.124 e. The number of phenols is 1. The molecule has 0 radical (unpaired) electrons. The van der Waals surface area contributed by atoms with Crippen LogP contribution >= 0.6 is 0 Å². The van der Waals surface area contributed by atoms with Gasteiger partial charge in [0.1, 0.15) is 11.5 Å². The molecule has 3 nitrogen and oxygen atoms in total. The molecule has 2 rings (SSSR count). The highest BCUT2D eigenvalue weighted by molar-refractivity contribution is 5.49. The Morgan fingerprint density at radius 3 is 2.40 bits per heavy atom. The lowest BCUT2D eigenvalue weighted by Gasteiger charge is -2.17. The summed E-state index contributed by atoms with van der Waals surface area (Å²) in [6.07, 6.45) is 1.04. The number of ether oxygens (including phenoxy) is 1. The molecule has 106 valence electrons. The van der Waals surface area contributed by atoms with Crippen molar-refractivity contribution >= 4 is 5.69 Å². The highest BCUT2D eigenvalue weighted by atomic mass is 16.5. The Balaban J connectivity index is 2.12. The molecule has 2 aromatic rings. The van der Waals surface area contributed by atoms with E-state index in [2.05, 4.69) is 36.5 Å². The fourth-order valence-corrected chi connectivity index (χ4v) is 2.18. The molecule has 0 spiro atoms. The zero-order chi connectivity index (χ0) is 14.5. The van der Waals surface area contributed by atoms with Gasteiger partial charge in [-0.1, -0.05) is 19.1 Å². The van der Waals surface area contributed by atoms with Crippen molar-refractivity contribution in [1.29, 1.82) is 0 Å². The lowest BCUT2D eigenvalue weighted by atomic mass is 10.1. The van der Waals surface area contributed by atoms with E-state index in [1.165, 1.54) is 5.56 Å². The number of rotatable bonds is 5. The van der Waals surface area contributed by atoms with Crippen molar-refractivity contribution in [3.63, 3.8) is 0 Å². The third-order valence-electron chi connectivity index (χ3n) is 3.45. The predicted octanol–water partition coefficient (Wildman–Crippen LogP) is 4.14. The second-order valence-electron chi connectivity index (χ2n) is 4.84. The summed E-state index contributed by atoms with van der Waals surface area (Å²) in [6.45, 7) is 4.16. The second-order valence-corrected chi connectivity index (χ2v) is 4.84. The van der Waals surface area contributed by atoms with E-state index in [0.29, 0.717) is 5.75 Å². The van der Waals surface area contributed by atoms with Crippen LogP contribution in [-0.4, -0.2) is 12.2 Å². The third-order valence-corrected chi connectivity index (χ3v) is 3.45. The molecule has 0 fully saturated rings. The van der Waals surface area contributed by atoms with E-state index < -0.39 is 0 Å². The van der Waals surface area contributed by atoms with Crippen molar-refractivity contribution in [2.75, 3.05) is 12.4 Å². The summed E-state index contributed by atoms with van der Waals surface area (Å²) in [5.74, 6) is 0.903. The average Bonchev–Trinajstić information content (AvgIpc) is 2.47. The summed E-state index contributed by atoms with van der Waals surface area (Å²) in [6, 6.07) is 13.7. The number of nitrogens with one attached hydrogen (secondary N) is 1. The summed E-state index contributed by atoms with van der Waals surface area (Å²) >= 11 is 0. The van der Waals surface area contributed by atoms with Crippen molar-refractivity contribution in [2.24, 2.45) is 0 Å². The van der Waals surface area contributed by atoms with E-state index >= 15 is 0 Å². The molecule has 0 amide bonds. The highest BCUT2D eigenvalue weighted by Gasteiger charge is 2.11. The fraction of sp³-hybridized carbons (Fsp3) is 0.294. The molecule has 3 heteroatoms. The number of methoxy groups -OCH3 is 1. The Labute approximate surface area is 120 Å². The highest BCUT2D eigenvalue weighted by Crippen LogP contribution is 2.30. The summed E-state index contributed by atoms with van der Waals surface area (Å²) in [7, 11) is 1.59. The van der Waals surface area contributed by atoms with Crippen molar-refractivity contribution < 1.29 is 9.84 Å². The molecule has 0 aliphatic carbocycles. The van der Waals surface area contributed by atoms with Gasteiger partial charge in [0, 0.05) is 17.3 Å². The Morgan fingerprint density at radius 1 is 1.15 bits per heavy atom. The first kappa shape index (κ1) is 14.3. The monoisotopic (exact) mass is 271 g/mol. The van der Waals surface area contributed by atoms with E-state index in [0.717, 1.165) is 17.7 Å². The topological polar surface area (TPSA) is 41.5 Å².